The number of hydrogen-bond acceptors (Lipinski definition) is 4. The highest BCUT2D eigenvalue weighted by atomic mass is 16.5. The fraction of sp³-hybridized carbons (Fsp3) is 0.421. The van der Waals surface area contributed by atoms with Crippen molar-refractivity contribution >= 4 is 23.2 Å². The van der Waals surface area contributed by atoms with Gasteiger partial charge in [0.25, 0.3) is 11.8 Å². The molecule has 1 aliphatic heterocycles. The van der Waals surface area contributed by atoms with E-state index >= 15 is 0 Å². The van der Waals surface area contributed by atoms with Crippen molar-refractivity contribution in [2.75, 3.05) is 10.6 Å². The fourth-order valence-corrected chi connectivity index (χ4v) is 3.50. The van der Waals surface area contributed by atoms with Gasteiger partial charge in [0, 0.05) is 16.9 Å². The van der Waals surface area contributed by atoms with Gasteiger partial charge in [-0.05, 0) is 50.8 Å². The minimum atomic E-state index is -0.522. The molecule has 0 saturated carbocycles. The molecule has 2 aromatic rings. The van der Waals surface area contributed by atoms with E-state index < -0.39 is 6.10 Å². The lowest BCUT2D eigenvalue weighted by Crippen LogP contribution is -2.34. The molecule has 2 amide bonds. The first kappa shape index (κ1) is 16.6. The topological polar surface area (TPSA) is 96.1 Å². The number of anilines is 2. The normalized spacial score (nSPS) is 19.3. The highest BCUT2D eigenvalue weighted by Gasteiger charge is 2.24. The maximum Gasteiger partial charge on any atom is 0.276 e. The van der Waals surface area contributed by atoms with Gasteiger partial charge < -0.3 is 15.4 Å². The second-order valence-electron chi connectivity index (χ2n) is 6.86. The number of ether oxygens (including phenoxy) is 1. The van der Waals surface area contributed by atoms with Crippen molar-refractivity contribution in [2.24, 2.45) is 0 Å². The average molecular weight is 354 g/mol. The number of aryl methyl sites for hydroxylation is 1. The van der Waals surface area contributed by atoms with Gasteiger partial charge >= 0.3 is 0 Å². The number of H-pyrrole nitrogens is 1. The summed E-state index contributed by atoms with van der Waals surface area (Å²) < 4.78 is 5.53. The standard InChI is InChI=1S/C19H22N4O3/c1-11-18(24)21-15-10-12(8-9-16(15)26-11)20-19(25)17-13-6-4-2-3-5-7-14(13)22-23-17/h8-11H,2-7H2,1H3,(H,20,25)(H,21,24)(H,22,23)/t11-/m1/s1. The molecular formula is C19H22N4O3. The van der Waals surface area contributed by atoms with Crippen LogP contribution < -0.4 is 15.4 Å². The van der Waals surface area contributed by atoms with Crippen LogP contribution in [0.5, 0.6) is 5.75 Å². The van der Waals surface area contributed by atoms with Crippen LogP contribution in [0.3, 0.4) is 0 Å². The Morgan fingerprint density at radius 1 is 1.23 bits per heavy atom. The Kier molecular flexibility index (Phi) is 4.36. The van der Waals surface area contributed by atoms with Crippen molar-refractivity contribution in [3.8, 4) is 5.75 Å². The van der Waals surface area contributed by atoms with Crippen molar-refractivity contribution in [1.82, 2.24) is 10.2 Å². The van der Waals surface area contributed by atoms with E-state index in [1.165, 1.54) is 12.8 Å². The molecular weight excluding hydrogens is 332 g/mol. The minimum absolute atomic E-state index is 0.199. The van der Waals surface area contributed by atoms with Gasteiger partial charge in [-0.2, -0.15) is 5.10 Å². The minimum Gasteiger partial charge on any atom is -0.479 e. The lowest BCUT2D eigenvalue weighted by Gasteiger charge is -2.23. The van der Waals surface area contributed by atoms with Crippen LogP contribution in [-0.4, -0.2) is 28.1 Å². The first-order valence-corrected chi connectivity index (χ1v) is 9.11. The molecule has 7 heteroatoms. The van der Waals surface area contributed by atoms with E-state index in [1.807, 2.05) is 0 Å². The van der Waals surface area contributed by atoms with Crippen molar-refractivity contribution in [3.05, 3.63) is 35.2 Å². The van der Waals surface area contributed by atoms with Crippen LogP contribution >= 0.6 is 0 Å². The Hall–Kier alpha value is -2.83. The molecule has 1 aliphatic carbocycles. The van der Waals surface area contributed by atoms with E-state index in [0.29, 0.717) is 22.8 Å². The number of rotatable bonds is 2. The van der Waals surface area contributed by atoms with E-state index in [0.717, 1.165) is 36.9 Å². The highest BCUT2D eigenvalue weighted by Crippen LogP contribution is 2.32. The summed E-state index contributed by atoms with van der Waals surface area (Å²) in [6.07, 6.45) is 5.91. The summed E-state index contributed by atoms with van der Waals surface area (Å²) in [6, 6.07) is 5.21. The van der Waals surface area contributed by atoms with E-state index in [-0.39, 0.29) is 11.8 Å². The first-order valence-electron chi connectivity index (χ1n) is 9.11. The van der Waals surface area contributed by atoms with Crippen LogP contribution in [0.4, 0.5) is 11.4 Å². The van der Waals surface area contributed by atoms with Crippen LogP contribution in [0.25, 0.3) is 0 Å². The lowest BCUT2D eigenvalue weighted by molar-refractivity contribution is -0.122. The van der Waals surface area contributed by atoms with Crippen LogP contribution in [0, 0.1) is 0 Å². The SMILES string of the molecule is C[C@H]1Oc2ccc(NC(=O)c3n[nH]c4c3CCCCCC4)cc2NC1=O. The summed E-state index contributed by atoms with van der Waals surface area (Å²) in [6.45, 7) is 1.69. The largest absolute Gasteiger partial charge is 0.479 e. The third kappa shape index (κ3) is 3.16. The Morgan fingerprint density at radius 2 is 2.04 bits per heavy atom. The number of amides is 2. The second kappa shape index (κ2) is 6.82. The predicted octanol–water partition coefficient (Wildman–Crippen LogP) is 3.04. The number of carbonyl (C=O) groups excluding carboxylic acids is 2. The van der Waals surface area contributed by atoms with Gasteiger partial charge in [0.2, 0.25) is 0 Å². The molecule has 0 radical (unpaired) electrons. The third-order valence-corrected chi connectivity index (χ3v) is 4.94. The number of aromatic nitrogens is 2. The van der Waals surface area contributed by atoms with Gasteiger partial charge in [0.05, 0.1) is 5.69 Å². The molecule has 1 aromatic heterocycles. The summed E-state index contributed by atoms with van der Waals surface area (Å²) in [5, 5.41) is 13.0. The zero-order chi connectivity index (χ0) is 18.1. The summed E-state index contributed by atoms with van der Waals surface area (Å²) in [4.78, 5) is 24.5. The lowest BCUT2D eigenvalue weighted by atomic mass is 9.97. The Bertz CT molecular complexity index is 858. The Morgan fingerprint density at radius 3 is 2.88 bits per heavy atom. The fourth-order valence-electron chi connectivity index (χ4n) is 3.50. The first-order chi connectivity index (χ1) is 12.6. The van der Waals surface area contributed by atoms with E-state index in [9.17, 15) is 9.59 Å². The molecule has 0 unspecified atom stereocenters. The van der Waals surface area contributed by atoms with Gasteiger partial charge in [-0.3, -0.25) is 14.7 Å². The van der Waals surface area contributed by atoms with Gasteiger partial charge in [-0.1, -0.05) is 12.8 Å². The second-order valence-corrected chi connectivity index (χ2v) is 6.86. The van der Waals surface area contributed by atoms with E-state index in [1.54, 1.807) is 25.1 Å². The summed E-state index contributed by atoms with van der Waals surface area (Å²) >= 11 is 0. The molecule has 0 saturated heterocycles. The number of carbonyl (C=O) groups is 2. The van der Waals surface area contributed by atoms with Gasteiger partial charge in [0.1, 0.15) is 5.75 Å². The van der Waals surface area contributed by atoms with E-state index in [2.05, 4.69) is 20.8 Å². The molecule has 0 spiro atoms. The average Bonchev–Trinajstić information content (AvgIpc) is 2.98. The molecule has 136 valence electrons. The summed E-state index contributed by atoms with van der Waals surface area (Å²) in [5.74, 6) is 0.161. The van der Waals surface area contributed by atoms with Crippen molar-refractivity contribution in [3.63, 3.8) is 0 Å². The van der Waals surface area contributed by atoms with E-state index in [4.69, 9.17) is 4.74 Å². The maximum atomic E-state index is 12.7. The number of aromatic amines is 1. The molecule has 26 heavy (non-hydrogen) atoms. The number of nitrogens with zero attached hydrogens (tertiary/aromatic N) is 1. The molecule has 1 atom stereocenters. The zero-order valence-corrected chi connectivity index (χ0v) is 14.7. The number of benzene rings is 1. The van der Waals surface area contributed by atoms with Crippen LogP contribution in [0.15, 0.2) is 18.2 Å². The Balaban J connectivity index is 1.54. The van der Waals surface area contributed by atoms with Crippen LogP contribution in [0.2, 0.25) is 0 Å². The summed E-state index contributed by atoms with van der Waals surface area (Å²) in [7, 11) is 0. The number of hydrogen-bond donors (Lipinski definition) is 3. The molecule has 7 nitrogen and oxygen atoms in total. The van der Waals surface area contributed by atoms with Crippen LogP contribution in [0.1, 0.15) is 54.4 Å². The van der Waals surface area contributed by atoms with Gasteiger partial charge in [-0.15, -0.1) is 0 Å². The molecule has 1 aromatic carbocycles. The maximum absolute atomic E-state index is 12.7. The highest BCUT2D eigenvalue weighted by molar-refractivity contribution is 6.05. The molecule has 3 N–H and O–H groups in total. The molecule has 0 bridgehead atoms. The van der Waals surface area contributed by atoms with Crippen molar-refractivity contribution < 1.29 is 14.3 Å². The molecule has 2 aliphatic rings. The molecule has 2 heterocycles. The number of nitrogens with one attached hydrogen (secondary N) is 3. The third-order valence-electron chi connectivity index (χ3n) is 4.94. The smallest absolute Gasteiger partial charge is 0.276 e. The molecule has 4 rings (SSSR count). The summed E-state index contributed by atoms with van der Waals surface area (Å²) in [5.41, 5.74) is 3.73. The van der Waals surface area contributed by atoms with Gasteiger partial charge in [-0.25, -0.2) is 0 Å². The Labute approximate surface area is 151 Å². The molecule has 0 fully saturated rings. The number of fused-ring (bicyclic) bond motifs is 2. The van der Waals surface area contributed by atoms with Crippen molar-refractivity contribution in [2.45, 2.75) is 51.6 Å². The van der Waals surface area contributed by atoms with Crippen molar-refractivity contribution in [1.29, 1.82) is 0 Å². The predicted molar refractivity (Wildman–Crippen MR) is 97.6 cm³/mol. The zero-order valence-electron chi connectivity index (χ0n) is 14.7. The van der Waals surface area contributed by atoms with Crippen LogP contribution in [-0.2, 0) is 17.6 Å². The monoisotopic (exact) mass is 354 g/mol. The van der Waals surface area contributed by atoms with Gasteiger partial charge in [0.15, 0.2) is 11.8 Å². The quantitative estimate of drug-likeness (QED) is 0.772.